The van der Waals surface area contributed by atoms with Crippen molar-refractivity contribution in [3.8, 4) is 0 Å². The maximum Gasteiger partial charge on any atom is 0.339 e. The summed E-state index contributed by atoms with van der Waals surface area (Å²) in [6.45, 7) is 3.79. The predicted molar refractivity (Wildman–Crippen MR) is 78.2 cm³/mol. The van der Waals surface area contributed by atoms with Crippen molar-refractivity contribution in [3.63, 3.8) is 0 Å². The highest BCUT2D eigenvalue weighted by molar-refractivity contribution is 5.92. The number of carbonyl (C=O) groups excluding carboxylic acids is 1. The summed E-state index contributed by atoms with van der Waals surface area (Å²) in [6, 6.07) is 0. The number of ether oxygens (including phenoxy) is 2. The van der Waals surface area contributed by atoms with Crippen LogP contribution in [0.4, 0.5) is 0 Å². The van der Waals surface area contributed by atoms with Gasteiger partial charge in [-0.05, 0) is 12.8 Å². The minimum absolute atomic E-state index is 0.334. The summed E-state index contributed by atoms with van der Waals surface area (Å²) in [4.78, 5) is 11.7. The van der Waals surface area contributed by atoms with E-state index in [4.69, 9.17) is 9.47 Å². The zero-order valence-electron chi connectivity index (χ0n) is 13.0. The summed E-state index contributed by atoms with van der Waals surface area (Å²) in [5, 5.41) is 10.0. The van der Waals surface area contributed by atoms with Gasteiger partial charge >= 0.3 is 5.97 Å². The number of aliphatic hydroxyl groups excluding tert-OH is 1. The van der Waals surface area contributed by atoms with Gasteiger partial charge in [0.05, 0.1) is 5.57 Å². The van der Waals surface area contributed by atoms with Crippen molar-refractivity contribution in [1.29, 1.82) is 0 Å². The molecule has 1 aliphatic rings. The molecule has 0 saturated carbocycles. The van der Waals surface area contributed by atoms with Gasteiger partial charge in [0.25, 0.3) is 0 Å². The van der Waals surface area contributed by atoms with Crippen LogP contribution < -0.4 is 0 Å². The second-order valence-corrected chi connectivity index (χ2v) is 5.58. The van der Waals surface area contributed by atoms with Gasteiger partial charge in [0.15, 0.2) is 6.10 Å². The van der Waals surface area contributed by atoms with Gasteiger partial charge in [0.1, 0.15) is 0 Å². The van der Waals surface area contributed by atoms with Crippen molar-refractivity contribution in [1.82, 2.24) is 0 Å². The number of esters is 1. The summed E-state index contributed by atoms with van der Waals surface area (Å²) in [5.74, 6) is -1.70. The largest absolute Gasteiger partial charge is 0.427 e. The molecular weight excluding hydrogens is 256 g/mol. The standard InChI is InChI=1S/C16H28O4/c1-4-5-6-7-8-9-10-11-12-13-14(17)16(2,19-3)20-15(13)18/h12,14,17H,4-11H2,1-3H3/b13-12-/t14-,16-/m1/s1. The predicted octanol–water partition coefficient (Wildman–Crippen LogP) is 3.33. The molecule has 0 spiro atoms. The van der Waals surface area contributed by atoms with Crippen molar-refractivity contribution >= 4 is 5.97 Å². The molecule has 0 aliphatic carbocycles. The quantitative estimate of drug-likeness (QED) is 0.401. The van der Waals surface area contributed by atoms with Crippen molar-refractivity contribution < 1.29 is 19.4 Å². The van der Waals surface area contributed by atoms with Gasteiger partial charge in [0.2, 0.25) is 5.79 Å². The average Bonchev–Trinajstić information content (AvgIpc) is 2.65. The van der Waals surface area contributed by atoms with Crippen LogP contribution in [0.15, 0.2) is 11.6 Å². The molecule has 0 unspecified atom stereocenters. The Labute approximate surface area is 122 Å². The van der Waals surface area contributed by atoms with Gasteiger partial charge in [-0.3, -0.25) is 0 Å². The van der Waals surface area contributed by atoms with Crippen molar-refractivity contribution in [2.45, 2.75) is 77.1 Å². The Bertz CT molecular complexity index is 337. The first-order chi connectivity index (χ1) is 9.55. The maximum absolute atomic E-state index is 11.7. The lowest BCUT2D eigenvalue weighted by atomic mass is 10.0. The first kappa shape index (κ1) is 17.2. The Kier molecular flexibility index (Phi) is 7.24. The molecule has 116 valence electrons. The molecule has 0 bridgehead atoms. The third kappa shape index (κ3) is 4.60. The molecule has 1 aliphatic heterocycles. The Hall–Kier alpha value is -0.870. The maximum atomic E-state index is 11.7. The summed E-state index contributed by atoms with van der Waals surface area (Å²) in [7, 11) is 1.43. The molecule has 1 rings (SSSR count). The molecule has 1 fully saturated rings. The zero-order valence-corrected chi connectivity index (χ0v) is 13.0. The van der Waals surface area contributed by atoms with Crippen molar-refractivity contribution in [2.75, 3.05) is 7.11 Å². The number of cyclic esters (lactones) is 1. The van der Waals surface area contributed by atoms with E-state index in [9.17, 15) is 9.90 Å². The van der Waals surface area contributed by atoms with E-state index in [1.54, 1.807) is 13.0 Å². The Morgan fingerprint density at radius 3 is 2.40 bits per heavy atom. The fourth-order valence-electron chi connectivity index (χ4n) is 2.40. The molecule has 20 heavy (non-hydrogen) atoms. The molecule has 0 amide bonds. The molecule has 1 heterocycles. The van der Waals surface area contributed by atoms with E-state index in [0.29, 0.717) is 5.57 Å². The number of unbranched alkanes of at least 4 members (excludes halogenated alkanes) is 7. The third-order valence-corrected chi connectivity index (χ3v) is 3.90. The van der Waals surface area contributed by atoms with Crippen LogP contribution >= 0.6 is 0 Å². The number of hydrogen-bond acceptors (Lipinski definition) is 4. The van der Waals surface area contributed by atoms with E-state index < -0.39 is 17.9 Å². The van der Waals surface area contributed by atoms with E-state index in [0.717, 1.165) is 12.8 Å². The van der Waals surface area contributed by atoms with Crippen LogP contribution in [0.3, 0.4) is 0 Å². The second-order valence-electron chi connectivity index (χ2n) is 5.58. The molecule has 0 aromatic heterocycles. The number of carbonyl (C=O) groups is 1. The lowest BCUT2D eigenvalue weighted by Gasteiger charge is -2.23. The topological polar surface area (TPSA) is 55.8 Å². The van der Waals surface area contributed by atoms with E-state index >= 15 is 0 Å². The molecule has 1 N–H and O–H groups in total. The summed E-state index contributed by atoms with van der Waals surface area (Å²) in [6.07, 6.45) is 10.2. The van der Waals surface area contributed by atoms with E-state index in [-0.39, 0.29) is 0 Å². The van der Waals surface area contributed by atoms with Crippen molar-refractivity contribution in [3.05, 3.63) is 11.6 Å². The highest BCUT2D eigenvalue weighted by Gasteiger charge is 2.48. The lowest BCUT2D eigenvalue weighted by molar-refractivity contribution is -0.218. The summed E-state index contributed by atoms with van der Waals surface area (Å²) in [5.41, 5.74) is 0.334. The number of rotatable bonds is 9. The van der Waals surface area contributed by atoms with Crippen LogP contribution in [-0.2, 0) is 14.3 Å². The minimum Gasteiger partial charge on any atom is -0.427 e. The molecular formula is C16H28O4. The average molecular weight is 284 g/mol. The molecule has 1 saturated heterocycles. The minimum atomic E-state index is -1.23. The van der Waals surface area contributed by atoms with Gasteiger partial charge in [-0.15, -0.1) is 0 Å². The van der Waals surface area contributed by atoms with Crippen molar-refractivity contribution in [2.24, 2.45) is 0 Å². The molecule has 2 atom stereocenters. The Balaban J connectivity index is 2.27. The van der Waals surface area contributed by atoms with E-state index in [2.05, 4.69) is 6.92 Å². The van der Waals surface area contributed by atoms with Crippen LogP contribution in [0, 0.1) is 0 Å². The SMILES string of the molecule is CCCCCCCCC/C=C1\C(=O)O[C@@](C)(OC)[C@@H]1O. The highest BCUT2D eigenvalue weighted by atomic mass is 16.7. The second kappa shape index (κ2) is 8.42. The number of methoxy groups -OCH3 is 1. The Morgan fingerprint density at radius 2 is 1.85 bits per heavy atom. The molecule has 0 radical (unpaired) electrons. The molecule has 4 heteroatoms. The summed E-state index contributed by atoms with van der Waals surface area (Å²) >= 11 is 0. The lowest BCUT2D eigenvalue weighted by Crippen LogP contribution is -2.38. The molecule has 4 nitrogen and oxygen atoms in total. The Morgan fingerprint density at radius 1 is 1.25 bits per heavy atom. The van der Waals surface area contributed by atoms with Gasteiger partial charge < -0.3 is 14.6 Å². The fraction of sp³-hybridized carbons (Fsp3) is 0.812. The third-order valence-electron chi connectivity index (χ3n) is 3.90. The fourth-order valence-corrected chi connectivity index (χ4v) is 2.40. The first-order valence-electron chi connectivity index (χ1n) is 7.71. The van der Waals surface area contributed by atoms with Crippen LogP contribution in [-0.4, -0.2) is 30.1 Å². The van der Waals surface area contributed by atoms with E-state index in [1.165, 1.54) is 45.6 Å². The number of allylic oxidation sites excluding steroid dienone is 1. The number of aliphatic hydroxyl groups is 1. The van der Waals surface area contributed by atoms with Gasteiger partial charge in [-0.2, -0.15) is 0 Å². The van der Waals surface area contributed by atoms with Gasteiger partial charge in [-0.25, -0.2) is 4.79 Å². The first-order valence-corrected chi connectivity index (χ1v) is 7.71. The normalized spacial score (nSPS) is 28.1. The number of hydrogen-bond donors (Lipinski definition) is 1. The van der Waals surface area contributed by atoms with Gasteiger partial charge in [-0.1, -0.05) is 51.5 Å². The van der Waals surface area contributed by atoms with Crippen LogP contribution in [0.1, 0.15) is 65.2 Å². The monoisotopic (exact) mass is 284 g/mol. The molecule has 0 aromatic carbocycles. The smallest absolute Gasteiger partial charge is 0.339 e. The van der Waals surface area contributed by atoms with Crippen LogP contribution in [0.25, 0.3) is 0 Å². The van der Waals surface area contributed by atoms with E-state index in [1.807, 2.05) is 0 Å². The summed E-state index contributed by atoms with van der Waals surface area (Å²) < 4.78 is 10.1. The van der Waals surface area contributed by atoms with Crippen LogP contribution in [0.5, 0.6) is 0 Å². The van der Waals surface area contributed by atoms with Gasteiger partial charge in [0, 0.05) is 14.0 Å². The molecule has 0 aromatic rings. The zero-order chi connectivity index (χ0) is 15.0. The van der Waals surface area contributed by atoms with Crippen LogP contribution in [0.2, 0.25) is 0 Å². The highest BCUT2D eigenvalue weighted by Crippen LogP contribution is 2.31.